The third-order valence-corrected chi connectivity index (χ3v) is 10.8. The highest BCUT2D eigenvalue weighted by Gasteiger charge is 2.75. The number of ketones is 2. The Labute approximate surface area is 188 Å². The summed E-state index contributed by atoms with van der Waals surface area (Å²) < 4.78 is 19.5. The van der Waals surface area contributed by atoms with Gasteiger partial charge in [0.25, 0.3) is 0 Å². The van der Waals surface area contributed by atoms with Gasteiger partial charge in [-0.2, -0.15) is 0 Å². The zero-order chi connectivity index (χ0) is 22.8. The Morgan fingerprint density at radius 1 is 1.16 bits per heavy atom. The highest BCUT2D eigenvalue weighted by molar-refractivity contribution is 6.25. The van der Waals surface area contributed by atoms with Crippen LogP contribution in [-0.4, -0.2) is 45.9 Å². The van der Waals surface area contributed by atoms with Crippen LogP contribution in [0, 0.1) is 28.6 Å². The predicted octanol–water partition coefficient (Wildman–Crippen LogP) is 4.16. The molecule has 0 radical (unpaired) electrons. The second kappa shape index (κ2) is 7.51. The molecule has 4 aliphatic carbocycles. The van der Waals surface area contributed by atoms with Crippen LogP contribution in [0.5, 0.6) is 0 Å². The zero-order valence-corrected chi connectivity index (χ0v) is 19.5. The lowest BCUT2D eigenvalue weighted by atomic mass is 9.43. The molecule has 4 fully saturated rings. The Kier molecular flexibility index (Phi) is 5.61. The molecule has 1 N–H and O–H groups in total. The molecule has 4 aliphatic rings. The fourth-order valence-corrected chi connectivity index (χ4v) is 8.68. The van der Waals surface area contributed by atoms with Crippen molar-refractivity contribution < 1.29 is 28.6 Å². The van der Waals surface area contributed by atoms with Gasteiger partial charge < -0.3 is 9.84 Å². The molecule has 0 heterocycles. The maximum Gasteiger partial charge on any atom is 0.306 e. The van der Waals surface area contributed by atoms with Crippen molar-refractivity contribution in [1.29, 1.82) is 0 Å². The standard InChI is InChI=1S/C24H34ClFO5/c1-4-20(30)31-23(19(29)13-26)10-8-16-17-6-5-14-11-15(27)7-9-21(14,2)24(17,25)18(28)12-22(16,23)3/h14,16-18,28H,4-13H2,1-3H3/t14-,16+,17+,18+,21+,22+,23-,24+/m1/s1. The number of aliphatic hydroxyl groups is 1. The third-order valence-electron chi connectivity index (χ3n) is 9.82. The maximum absolute atomic E-state index is 13.7. The van der Waals surface area contributed by atoms with Crippen molar-refractivity contribution in [3.05, 3.63) is 0 Å². The van der Waals surface area contributed by atoms with Gasteiger partial charge in [-0.05, 0) is 61.7 Å². The molecule has 4 saturated carbocycles. The van der Waals surface area contributed by atoms with Gasteiger partial charge in [0, 0.05) is 24.7 Å². The van der Waals surface area contributed by atoms with Crippen LogP contribution in [0.1, 0.15) is 78.6 Å². The second-order valence-corrected chi connectivity index (χ2v) is 11.4. The lowest BCUT2D eigenvalue weighted by Gasteiger charge is -2.66. The summed E-state index contributed by atoms with van der Waals surface area (Å²) in [6.07, 6.45) is 3.42. The van der Waals surface area contributed by atoms with E-state index >= 15 is 0 Å². The van der Waals surface area contributed by atoms with Crippen LogP contribution in [-0.2, 0) is 19.1 Å². The number of alkyl halides is 2. The van der Waals surface area contributed by atoms with Crippen molar-refractivity contribution >= 4 is 29.1 Å². The number of Topliss-reactive ketones (excluding diaryl/α,β-unsaturated/α-hetero) is 2. The van der Waals surface area contributed by atoms with E-state index in [9.17, 15) is 23.9 Å². The van der Waals surface area contributed by atoms with Crippen molar-refractivity contribution in [2.24, 2.45) is 28.6 Å². The van der Waals surface area contributed by atoms with E-state index in [0.717, 1.165) is 12.8 Å². The summed E-state index contributed by atoms with van der Waals surface area (Å²) in [6.45, 7) is 4.44. The van der Waals surface area contributed by atoms with Gasteiger partial charge in [-0.1, -0.05) is 20.8 Å². The summed E-state index contributed by atoms with van der Waals surface area (Å²) in [6, 6.07) is 0. The Morgan fingerprint density at radius 2 is 1.87 bits per heavy atom. The number of esters is 1. The van der Waals surface area contributed by atoms with Gasteiger partial charge in [0.15, 0.2) is 12.3 Å². The zero-order valence-electron chi connectivity index (χ0n) is 18.7. The number of aliphatic hydroxyl groups excluding tert-OH is 1. The quantitative estimate of drug-likeness (QED) is 0.507. The number of hydrogen-bond acceptors (Lipinski definition) is 5. The average molecular weight is 457 g/mol. The van der Waals surface area contributed by atoms with Gasteiger partial charge in [0.05, 0.1) is 11.0 Å². The van der Waals surface area contributed by atoms with Crippen molar-refractivity contribution in [3.63, 3.8) is 0 Å². The fraction of sp³-hybridized carbons (Fsp3) is 0.875. The van der Waals surface area contributed by atoms with Crippen LogP contribution in [0.4, 0.5) is 4.39 Å². The highest BCUT2D eigenvalue weighted by Crippen LogP contribution is 2.72. The Balaban J connectivity index is 1.77. The summed E-state index contributed by atoms with van der Waals surface area (Å²) in [4.78, 5) is 36.4. The summed E-state index contributed by atoms with van der Waals surface area (Å²) in [7, 11) is 0. The molecule has 31 heavy (non-hydrogen) atoms. The fourth-order valence-electron chi connectivity index (χ4n) is 8.10. The molecule has 0 bridgehead atoms. The molecule has 7 heteroatoms. The smallest absolute Gasteiger partial charge is 0.306 e. The molecule has 174 valence electrons. The maximum atomic E-state index is 13.7. The number of halogens is 2. The molecule has 0 aromatic heterocycles. The lowest BCUT2D eigenvalue weighted by Crippen LogP contribution is -2.70. The molecular weight excluding hydrogens is 423 g/mol. The van der Waals surface area contributed by atoms with E-state index in [2.05, 4.69) is 6.92 Å². The van der Waals surface area contributed by atoms with Gasteiger partial charge >= 0.3 is 5.97 Å². The van der Waals surface area contributed by atoms with E-state index < -0.39 is 40.4 Å². The molecule has 0 unspecified atom stereocenters. The van der Waals surface area contributed by atoms with Crippen molar-refractivity contribution in [3.8, 4) is 0 Å². The Morgan fingerprint density at radius 3 is 2.52 bits per heavy atom. The first-order valence-electron chi connectivity index (χ1n) is 11.7. The molecule has 5 nitrogen and oxygen atoms in total. The van der Waals surface area contributed by atoms with Crippen molar-refractivity contribution in [1.82, 2.24) is 0 Å². The lowest BCUT2D eigenvalue weighted by molar-refractivity contribution is -0.204. The molecule has 0 aliphatic heterocycles. The molecule has 4 rings (SSSR count). The van der Waals surface area contributed by atoms with Crippen molar-refractivity contribution in [2.45, 2.75) is 95.1 Å². The van der Waals surface area contributed by atoms with Crippen LogP contribution >= 0.6 is 11.6 Å². The monoisotopic (exact) mass is 456 g/mol. The number of carbonyl (C=O) groups is 3. The van der Waals surface area contributed by atoms with E-state index in [0.29, 0.717) is 25.7 Å². The van der Waals surface area contributed by atoms with Gasteiger partial charge in [0.2, 0.25) is 5.78 Å². The molecule has 0 saturated heterocycles. The molecule has 0 spiro atoms. The highest BCUT2D eigenvalue weighted by atomic mass is 35.5. The minimum Gasteiger partial charge on any atom is -0.450 e. The first kappa shape index (κ1) is 23.2. The van der Waals surface area contributed by atoms with E-state index in [1.54, 1.807) is 6.92 Å². The summed E-state index contributed by atoms with van der Waals surface area (Å²) >= 11 is 7.43. The van der Waals surface area contributed by atoms with Crippen LogP contribution < -0.4 is 0 Å². The number of carbonyl (C=O) groups excluding carboxylic acids is 3. The number of ether oxygens (including phenoxy) is 1. The Hall–Kier alpha value is -1.01. The first-order valence-corrected chi connectivity index (χ1v) is 12.1. The predicted molar refractivity (Wildman–Crippen MR) is 113 cm³/mol. The largest absolute Gasteiger partial charge is 0.450 e. The number of rotatable bonds is 4. The molecule has 0 aromatic carbocycles. The van der Waals surface area contributed by atoms with Crippen LogP contribution in [0.25, 0.3) is 0 Å². The van der Waals surface area contributed by atoms with E-state index in [-0.39, 0.29) is 48.2 Å². The van der Waals surface area contributed by atoms with Gasteiger partial charge in [-0.15, -0.1) is 11.6 Å². The Bertz CT molecular complexity index is 803. The van der Waals surface area contributed by atoms with Crippen LogP contribution in [0.3, 0.4) is 0 Å². The van der Waals surface area contributed by atoms with Gasteiger partial charge in [-0.3, -0.25) is 14.4 Å². The van der Waals surface area contributed by atoms with Crippen molar-refractivity contribution in [2.75, 3.05) is 6.67 Å². The minimum absolute atomic E-state index is 0.0658. The second-order valence-electron chi connectivity index (χ2n) is 10.8. The number of fused-ring (bicyclic) bond motifs is 5. The van der Waals surface area contributed by atoms with Gasteiger partial charge in [0.1, 0.15) is 5.78 Å². The first-order chi connectivity index (χ1) is 14.5. The molecule has 8 atom stereocenters. The number of hydrogen-bond donors (Lipinski definition) is 1. The van der Waals surface area contributed by atoms with E-state index in [1.807, 2.05) is 6.92 Å². The summed E-state index contributed by atoms with van der Waals surface area (Å²) in [5, 5.41) is 11.6. The molecular formula is C24H34ClFO5. The average Bonchev–Trinajstić information content (AvgIpc) is 3.01. The summed E-state index contributed by atoms with van der Waals surface area (Å²) in [5.41, 5.74) is -2.82. The third kappa shape index (κ3) is 2.86. The minimum atomic E-state index is -1.56. The van der Waals surface area contributed by atoms with E-state index in [1.165, 1.54) is 0 Å². The summed E-state index contributed by atoms with van der Waals surface area (Å²) in [5.74, 6) is -0.996. The van der Waals surface area contributed by atoms with Crippen LogP contribution in [0.15, 0.2) is 0 Å². The SMILES string of the molecule is CCC(=O)O[C@@]1(C(=O)CF)CC[C@H]2[C@@H]3CC[C@@H]4CC(=O)CC[C@]4(C)[C@@]3(Cl)[C@@H](O)C[C@@]21C. The molecule has 0 amide bonds. The topological polar surface area (TPSA) is 80.7 Å². The molecule has 0 aromatic rings. The van der Waals surface area contributed by atoms with Crippen LogP contribution in [0.2, 0.25) is 0 Å². The normalized spacial score (nSPS) is 49.0. The van der Waals surface area contributed by atoms with E-state index in [4.69, 9.17) is 16.3 Å². The van der Waals surface area contributed by atoms with Gasteiger partial charge in [-0.25, -0.2) is 4.39 Å².